The van der Waals surface area contributed by atoms with Gasteiger partial charge >= 0.3 is 0 Å². The Morgan fingerprint density at radius 2 is 2.27 bits per heavy atom. The molecule has 0 bridgehead atoms. The lowest BCUT2D eigenvalue weighted by molar-refractivity contribution is 0.470. The molecule has 0 saturated heterocycles. The average molecular weight is 206 g/mol. The molecule has 0 spiro atoms. The highest BCUT2D eigenvalue weighted by Gasteiger charge is 2.54. The van der Waals surface area contributed by atoms with Gasteiger partial charge < -0.3 is 5.73 Å². The molecule has 2 fully saturated rings. The first-order chi connectivity index (χ1) is 7.27. The minimum absolute atomic E-state index is 0.295. The van der Waals surface area contributed by atoms with Crippen molar-refractivity contribution in [2.45, 2.75) is 31.7 Å². The van der Waals surface area contributed by atoms with Crippen molar-refractivity contribution in [2.24, 2.45) is 30.5 Å². The van der Waals surface area contributed by atoms with Crippen LogP contribution in [0.25, 0.3) is 0 Å². The number of aromatic nitrogens is 3. The highest BCUT2D eigenvalue weighted by molar-refractivity contribution is 5.07. The van der Waals surface area contributed by atoms with Crippen molar-refractivity contribution in [1.82, 2.24) is 14.8 Å². The van der Waals surface area contributed by atoms with Crippen molar-refractivity contribution in [2.75, 3.05) is 0 Å². The summed E-state index contributed by atoms with van der Waals surface area (Å²) in [6, 6.07) is 0.295. The third-order valence-corrected chi connectivity index (χ3v) is 4.19. The van der Waals surface area contributed by atoms with Gasteiger partial charge in [0.1, 0.15) is 12.2 Å². The number of aryl methyl sites for hydroxylation is 1. The second-order valence-corrected chi connectivity index (χ2v) is 5.00. The lowest BCUT2D eigenvalue weighted by Gasteiger charge is -2.12. The van der Waals surface area contributed by atoms with Gasteiger partial charge in [0.2, 0.25) is 0 Å². The molecule has 2 aliphatic rings. The summed E-state index contributed by atoms with van der Waals surface area (Å²) >= 11 is 0. The number of nitrogens with zero attached hydrogens (tertiary/aromatic N) is 3. The molecular weight excluding hydrogens is 188 g/mol. The Hall–Kier alpha value is -0.900. The molecule has 3 atom stereocenters. The van der Waals surface area contributed by atoms with Crippen molar-refractivity contribution in [3.63, 3.8) is 0 Å². The van der Waals surface area contributed by atoms with Crippen molar-refractivity contribution < 1.29 is 0 Å². The van der Waals surface area contributed by atoms with E-state index in [1.165, 1.54) is 19.3 Å². The lowest BCUT2D eigenvalue weighted by Crippen LogP contribution is -2.28. The predicted molar refractivity (Wildman–Crippen MR) is 57.0 cm³/mol. The van der Waals surface area contributed by atoms with Gasteiger partial charge in [-0.25, -0.2) is 4.98 Å². The van der Waals surface area contributed by atoms with E-state index >= 15 is 0 Å². The van der Waals surface area contributed by atoms with Gasteiger partial charge in [0.05, 0.1) is 0 Å². The summed E-state index contributed by atoms with van der Waals surface area (Å²) < 4.78 is 1.83. The van der Waals surface area contributed by atoms with Crippen LogP contribution in [0.15, 0.2) is 6.33 Å². The van der Waals surface area contributed by atoms with Gasteiger partial charge in [-0.15, -0.1) is 0 Å². The Morgan fingerprint density at radius 1 is 1.53 bits per heavy atom. The fourth-order valence-electron chi connectivity index (χ4n) is 3.36. The Morgan fingerprint density at radius 3 is 2.87 bits per heavy atom. The zero-order chi connectivity index (χ0) is 10.4. The summed E-state index contributed by atoms with van der Waals surface area (Å²) in [7, 11) is 1.93. The van der Waals surface area contributed by atoms with Crippen LogP contribution in [0.3, 0.4) is 0 Å². The second kappa shape index (κ2) is 3.30. The SMILES string of the molecule is Cn1ncnc1CC(N)C1C2CCCC21. The summed E-state index contributed by atoms with van der Waals surface area (Å²) in [5, 5.41) is 4.07. The summed E-state index contributed by atoms with van der Waals surface area (Å²) in [5.41, 5.74) is 6.25. The Labute approximate surface area is 89.9 Å². The van der Waals surface area contributed by atoms with Gasteiger partial charge in [0, 0.05) is 19.5 Å². The third-order valence-electron chi connectivity index (χ3n) is 4.19. The normalized spacial score (nSPS) is 35.2. The van der Waals surface area contributed by atoms with E-state index in [9.17, 15) is 0 Å². The Balaban J connectivity index is 1.63. The van der Waals surface area contributed by atoms with Crippen LogP contribution in [0.1, 0.15) is 25.1 Å². The number of nitrogens with two attached hydrogens (primary N) is 1. The minimum atomic E-state index is 0.295. The zero-order valence-electron chi connectivity index (χ0n) is 9.13. The van der Waals surface area contributed by atoms with Gasteiger partial charge in [-0.05, 0) is 30.6 Å². The summed E-state index contributed by atoms with van der Waals surface area (Å²) in [6.07, 6.45) is 6.72. The molecule has 2 N–H and O–H groups in total. The van der Waals surface area contributed by atoms with Crippen LogP contribution < -0.4 is 5.73 Å². The average Bonchev–Trinajstić information content (AvgIpc) is 2.60. The fraction of sp³-hybridized carbons (Fsp3) is 0.818. The van der Waals surface area contributed by atoms with Crippen LogP contribution in [0.5, 0.6) is 0 Å². The highest BCUT2D eigenvalue weighted by atomic mass is 15.3. The molecular formula is C11H18N4. The van der Waals surface area contributed by atoms with E-state index in [-0.39, 0.29) is 0 Å². The molecule has 4 heteroatoms. The number of hydrogen-bond donors (Lipinski definition) is 1. The largest absolute Gasteiger partial charge is 0.327 e. The van der Waals surface area contributed by atoms with Gasteiger partial charge in [0.25, 0.3) is 0 Å². The van der Waals surface area contributed by atoms with Crippen molar-refractivity contribution in [1.29, 1.82) is 0 Å². The smallest absolute Gasteiger partial charge is 0.138 e. The molecule has 1 heterocycles. The van der Waals surface area contributed by atoms with Gasteiger partial charge in [-0.2, -0.15) is 5.10 Å². The van der Waals surface area contributed by atoms with Gasteiger partial charge in [0.15, 0.2) is 0 Å². The molecule has 3 unspecified atom stereocenters. The van der Waals surface area contributed by atoms with Crippen LogP contribution in [-0.4, -0.2) is 20.8 Å². The van der Waals surface area contributed by atoms with Gasteiger partial charge in [-0.1, -0.05) is 6.42 Å². The molecule has 1 aromatic rings. The van der Waals surface area contributed by atoms with Crippen LogP contribution >= 0.6 is 0 Å². The molecule has 2 saturated carbocycles. The van der Waals surface area contributed by atoms with E-state index in [1.807, 2.05) is 11.7 Å². The number of rotatable bonds is 3. The van der Waals surface area contributed by atoms with Crippen molar-refractivity contribution in [3.05, 3.63) is 12.2 Å². The number of hydrogen-bond acceptors (Lipinski definition) is 3. The van der Waals surface area contributed by atoms with Crippen LogP contribution in [0.2, 0.25) is 0 Å². The third kappa shape index (κ3) is 1.47. The van der Waals surface area contributed by atoms with Crippen LogP contribution in [0, 0.1) is 17.8 Å². The topological polar surface area (TPSA) is 56.7 Å². The second-order valence-electron chi connectivity index (χ2n) is 5.00. The lowest BCUT2D eigenvalue weighted by atomic mass is 10.0. The van der Waals surface area contributed by atoms with E-state index in [1.54, 1.807) is 6.33 Å². The van der Waals surface area contributed by atoms with E-state index in [0.29, 0.717) is 6.04 Å². The molecule has 0 aliphatic heterocycles. The van der Waals surface area contributed by atoms with Gasteiger partial charge in [-0.3, -0.25) is 4.68 Å². The maximum Gasteiger partial charge on any atom is 0.138 e. The minimum Gasteiger partial charge on any atom is -0.327 e. The molecule has 1 aromatic heterocycles. The predicted octanol–water partition coefficient (Wildman–Crippen LogP) is 0.731. The fourth-order valence-corrected chi connectivity index (χ4v) is 3.36. The van der Waals surface area contributed by atoms with Crippen molar-refractivity contribution >= 4 is 0 Å². The number of fused-ring (bicyclic) bond motifs is 1. The molecule has 15 heavy (non-hydrogen) atoms. The van der Waals surface area contributed by atoms with E-state index in [0.717, 1.165) is 30.0 Å². The summed E-state index contributed by atoms with van der Waals surface area (Å²) in [5.74, 6) is 3.67. The van der Waals surface area contributed by atoms with E-state index in [4.69, 9.17) is 5.73 Å². The standard InChI is InChI=1S/C11H18N4/c1-15-10(13-6-14-15)5-9(12)11-7-3-2-4-8(7)11/h6-9,11H,2-5,12H2,1H3. The van der Waals surface area contributed by atoms with Crippen LogP contribution in [-0.2, 0) is 13.5 Å². The molecule has 82 valence electrons. The maximum absolute atomic E-state index is 6.25. The Bertz CT molecular complexity index is 349. The first-order valence-corrected chi connectivity index (χ1v) is 5.86. The first kappa shape index (κ1) is 9.33. The van der Waals surface area contributed by atoms with Crippen molar-refractivity contribution in [3.8, 4) is 0 Å². The van der Waals surface area contributed by atoms with E-state index in [2.05, 4.69) is 10.1 Å². The first-order valence-electron chi connectivity index (χ1n) is 5.86. The molecule has 0 aromatic carbocycles. The highest BCUT2D eigenvalue weighted by Crippen LogP contribution is 2.58. The zero-order valence-corrected chi connectivity index (χ0v) is 9.13. The quantitative estimate of drug-likeness (QED) is 0.793. The van der Waals surface area contributed by atoms with E-state index < -0.39 is 0 Å². The maximum atomic E-state index is 6.25. The molecule has 4 nitrogen and oxygen atoms in total. The van der Waals surface area contributed by atoms with Crippen LogP contribution in [0.4, 0.5) is 0 Å². The summed E-state index contributed by atoms with van der Waals surface area (Å²) in [6.45, 7) is 0. The molecule has 2 aliphatic carbocycles. The molecule has 0 amide bonds. The molecule has 0 radical (unpaired) electrons. The summed E-state index contributed by atoms with van der Waals surface area (Å²) in [4.78, 5) is 4.23. The Kier molecular flexibility index (Phi) is 2.06. The molecule has 3 rings (SSSR count). The monoisotopic (exact) mass is 206 g/mol.